The van der Waals surface area contributed by atoms with Gasteiger partial charge in [-0.05, 0) is 25.1 Å². The minimum Gasteiger partial charge on any atom is -0.322 e. The van der Waals surface area contributed by atoms with Crippen molar-refractivity contribution >= 4 is 23.0 Å². The summed E-state index contributed by atoms with van der Waals surface area (Å²) < 4.78 is 13.3. The minimum atomic E-state index is -1.05. The molecule has 1 amide bonds. The van der Waals surface area contributed by atoms with Crippen LogP contribution in [0.3, 0.4) is 0 Å². The van der Waals surface area contributed by atoms with E-state index in [1.165, 1.54) is 25.1 Å². The number of carbonyl (C=O) groups is 1. The summed E-state index contributed by atoms with van der Waals surface area (Å²) in [5, 5.41) is 24.0. The number of amides is 1. The Morgan fingerprint density at radius 3 is 2.43 bits per heavy atom. The quantitative estimate of drug-likeness (QED) is 0.686. The third-order valence-corrected chi connectivity index (χ3v) is 3.07. The summed E-state index contributed by atoms with van der Waals surface area (Å²) in [6, 6.07) is 7.02. The first-order valence-electron chi connectivity index (χ1n) is 6.30. The van der Waals surface area contributed by atoms with Gasteiger partial charge in [-0.1, -0.05) is 12.1 Å². The molecule has 2 aromatic rings. The maximum Gasteiger partial charge on any atom is 0.306 e. The van der Waals surface area contributed by atoms with E-state index in [-0.39, 0.29) is 16.9 Å². The van der Waals surface area contributed by atoms with Crippen molar-refractivity contribution in [1.29, 1.82) is 0 Å². The molecular weight excluding hydrogens is 309 g/mol. The van der Waals surface area contributed by atoms with E-state index in [4.69, 9.17) is 0 Å². The molecule has 0 aliphatic rings. The summed E-state index contributed by atoms with van der Waals surface area (Å²) >= 11 is 0. The number of benzene rings is 2. The van der Waals surface area contributed by atoms with Crippen LogP contribution in [0.25, 0.3) is 0 Å². The van der Waals surface area contributed by atoms with Crippen molar-refractivity contribution < 1.29 is 19.0 Å². The standard InChI is InChI=1S/C14H10FN3O5/c1-8-3-2-4-10(13(8)18(22)23)14(19)16-9-5-6-11(15)12(7-9)17(20)21/h2-7H,1H3,(H,16,19). The van der Waals surface area contributed by atoms with Crippen LogP contribution in [-0.4, -0.2) is 15.8 Å². The van der Waals surface area contributed by atoms with Crippen LogP contribution in [0, 0.1) is 33.0 Å². The van der Waals surface area contributed by atoms with Gasteiger partial charge in [-0.15, -0.1) is 0 Å². The summed E-state index contributed by atoms with van der Waals surface area (Å²) in [4.78, 5) is 32.3. The molecule has 0 atom stereocenters. The number of nitrogens with zero attached hydrogens (tertiary/aromatic N) is 2. The Kier molecular flexibility index (Phi) is 4.30. The molecule has 0 spiro atoms. The maximum absolute atomic E-state index is 13.3. The summed E-state index contributed by atoms with van der Waals surface area (Å²) in [5.74, 6) is -1.86. The molecule has 1 N–H and O–H groups in total. The van der Waals surface area contributed by atoms with Gasteiger partial charge in [0.25, 0.3) is 11.6 Å². The Bertz CT molecular complexity index is 822. The van der Waals surface area contributed by atoms with Crippen molar-refractivity contribution in [2.75, 3.05) is 5.32 Å². The topological polar surface area (TPSA) is 115 Å². The smallest absolute Gasteiger partial charge is 0.306 e. The van der Waals surface area contributed by atoms with E-state index in [0.717, 1.165) is 18.2 Å². The third-order valence-electron chi connectivity index (χ3n) is 3.07. The zero-order valence-corrected chi connectivity index (χ0v) is 11.8. The van der Waals surface area contributed by atoms with Crippen molar-refractivity contribution in [2.24, 2.45) is 0 Å². The summed E-state index contributed by atoms with van der Waals surface area (Å²) in [7, 11) is 0. The molecule has 0 saturated heterocycles. The van der Waals surface area contributed by atoms with Gasteiger partial charge in [0.05, 0.1) is 9.85 Å². The summed E-state index contributed by atoms with van der Waals surface area (Å²) in [5.41, 5.74) is -1.10. The molecule has 8 nitrogen and oxygen atoms in total. The Hall–Kier alpha value is -3.36. The normalized spacial score (nSPS) is 10.2. The number of nitro groups is 2. The lowest BCUT2D eigenvalue weighted by atomic mass is 10.1. The fraction of sp³-hybridized carbons (Fsp3) is 0.0714. The van der Waals surface area contributed by atoms with Crippen LogP contribution in [0.5, 0.6) is 0 Å². The molecule has 9 heteroatoms. The summed E-state index contributed by atoms with van der Waals surface area (Å²) in [6.45, 7) is 1.48. The predicted octanol–water partition coefficient (Wildman–Crippen LogP) is 3.20. The lowest BCUT2D eigenvalue weighted by Gasteiger charge is -2.07. The van der Waals surface area contributed by atoms with Gasteiger partial charge < -0.3 is 5.32 Å². The van der Waals surface area contributed by atoms with Crippen molar-refractivity contribution in [2.45, 2.75) is 6.92 Å². The number of carbonyl (C=O) groups excluding carboxylic acids is 1. The van der Waals surface area contributed by atoms with Crippen molar-refractivity contribution in [3.63, 3.8) is 0 Å². The van der Waals surface area contributed by atoms with Crippen molar-refractivity contribution in [1.82, 2.24) is 0 Å². The van der Waals surface area contributed by atoms with Crippen LogP contribution < -0.4 is 5.32 Å². The van der Waals surface area contributed by atoms with Crippen LogP contribution >= 0.6 is 0 Å². The molecule has 2 rings (SSSR count). The van der Waals surface area contributed by atoms with E-state index in [9.17, 15) is 29.4 Å². The van der Waals surface area contributed by atoms with Gasteiger partial charge in [0.15, 0.2) is 0 Å². The number of rotatable bonds is 4. The average molecular weight is 319 g/mol. The Morgan fingerprint density at radius 2 is 1.83 bits per heavy atom. The van der Waals surface area contributed by atoms with Crippen LogP contribution in [0.15, 0.2) is 36.4 Å². The van der Waals surface area contributed by atoms with Gasteiger partial charge in [0.1, 0.15) is 5.56 Å². The first-order valence-corrected chi connectivity index (χ1v) is 6.30. The Balaban J connectivity index is 2.37. The number of hydrogen-bond donors (Lipinski definition) is 1. The van der Waals surface area contributed by atoms with Gasteiger partial charge in [-0.3, -0.25) is 25.0 Å². The molecule has 0 aromatic heterocycles. The van der Waals surface area contributed by atoms with Crippen molar-refractivity contribution in [3.05, 3.63) is 73.6 Å². The zero-order chi connectivity index (χ0) is 17.1. The monoisotopic (exact) mass is 319 g/mol. The van der Waals surface area contributed by atoms with E-state index in [1.54, 1.807) is 0 Å². The van der Waals surface area contributed by atoms with Gasteiger partial charge in [0.2, 0.25) is 5.82 Å². The van der Waals surface area contributed by atoms with Gasteiger partial charge in [-0.2, -0.15) is 4.39 Å². The highest BCUT2D eigenvalue weighted by Crippen LogP contribution is 2.26. The Labute approximate surface area is 128 Å². The molecule has 0 aliphatic carbocycles. The zero-order valence-electron chi connectivity index (χ0n) is 11.8. The van der Waals surface area contributed by atoms with E-state index < -0.39 is 27.3 Å². The van der Waals surface area contributed by atoms with Crippen LogP contribution in [0.1, 0.15) is 15.9 Å². The van der Waals surface area contributed by atoms with E-state index in [0.29, 0.717) is 5.56 Å². The molecule has 23 heavy (non-hydrogen) atoms. The number of aryl methyl sites for hydroxylation is 1. The van der Waals surface area contributed by atoms with Crippen LogP contribution in [0.2, 0.25) is 0 Å². The molecule has 0 unspecified atom stereocenters. The fourth-order valence-corrected chi connectivity index (χ4v) is 2.01. The fourth-order valence-electron chi connectivity index (χ4n) is 2.01. The summed E-state index contributed by atoms with van der Waals surface area (Å²) in [6.07, 6.45) is 0. The Morgan fingerprint density at radius 1 is 1.13 bits per heavy atom. The molecule has 118 valence electrons. The number of para-hydroxylation sites is 1. The molecule has 2 aromatic carbocycles. The number of hydrogen-bond acceptors (Lipinski definition) is 5. The van der Waals surface area contributed by atoms with Gasteiger partial charge >= 0.3 is 5.69 Å². The van der Waals surface area contributed by atoms with E-state index in [1.807, 2.05) is 0 Å². The van der Waals surface area contributed by atoms with Crippen LogP contribution in [0.4, 0.5) is 21.5 Å². The highest BCUT2D eigenvalue weighted by molar-refractivity contribution is 6.07. The minimum absolute atomic E-state index is 0.0427. The molecule has 0 radical (unpaired) electrons. The highest BCUT2D eigenvalue weighted by Gasteiger charge is 2.23. The highest BCUT2D eigenvalue weighted by atomic mass is 19.1. The van der Waals surface area contributed by atoms with E-state index in [2.05, 4.69) is 5.32 Å². The molecule has 0 heterocycles. The first kappa shape index (κ1) is 16.0. The number of nitrogens with one attached hydrogen (secondary N) is 1. The lowest BCUT2D eigenvalue weighted by molar-refractivity contribution is -0.387. The molecule has 0 aliphatic heterocycles. The maximum atomic E-state index is 13.3. The second-order valence-corrected chi connectivity index (χ2v) is 4.61. The number of halogens is 1. The van der Waals surface area contributed by atoms with Crippen LogP contribution in [-0.2, 0) is 0 Å². The lowest BCUT2D eigenvalue weighted by Crippen LogP contribution is -2.14. The largest absolute Gasteiger partial charge is 0.322 e. The number of anilines is 1. The molecule has 0 fully saturated rings. The van der Waals surface area contributed by atoms with Crippen molar-refractivity contribution in [3.8, 4) is 0 Å². The first-order chi connectivity index (χ1) is 10.8. The second-order valence-electron chi connectivity index (χ2n) is 4.61. The van der Waals surface area contributed by atoms with Gasteiger partial charge in [0, 0.05) is 17.3 Å². The van der Waals surface area contributed by atoms with E-state index >= 15 is 0 Å². The SMILES string of the molecule is Cc1cccc(C(=O)Nc2ccc(F)c([N+](=O)[O-])c2)c1[N+](=O)[O-]. The number of nitro benzene ring substituents is 2. The molecular formula is C14H10FN3O5. The molecule has 0 bridgehead atoms. The molecule has 0 saturated carbocycles. The third kappa shape index (κ3) is 3.28. The average Bonchev–Trinajstić information content (AvgIpc) is 2.48. The predicted molar refractivity (Wildman–Crippen MR) is 78.8 cm³/mol. The second kappa shape index (κ2) is 6.18. The van der Waals surface area contributed by atoms with Gasteiger partial charge in [-0.25, -0.2) is 0 Å².